The molecule has 6 heteroatoms. The molecule has 2 aliphatic heterocycles. The first-order chi connectivity index (χ1) is 13.0. The Morgan fingerprint density at radius 3 is 2.74 bits per heavy atom. The number of hydrogen-bond donors (Lipinski definition) is 1. The maximum atomic E-state index is 12.8. The highest BCUT2D eigenvalue weighted by Crippen LogP contribution is 2.45. The zero-order valence-corrected chi connectivity index (χ0v) is 16.6. The molecule has 2 bridgehead atoms. The van der Waals surface area contributed by atoms with E-state index in [2.05, 4.69) is 23.5 Å². The van der Waals surface area contributed by atoms with E-state index in [1.54, 1.807) is 11.3 Å². The molecule has 5 nitrogen and oxygen atoms in total. The zero-order chi connectivity index (χ0) is 19.1. The van der Waals surface area contributed by atoms with Crippen molar-refractivity contribution in [3.63, 3.8) is 0 Å². The Morgan fingerprint density at radius 2 is 2.04 bits per heavy atom. The summed E-state index contributed by atoms with van der Waals surface area (Å²) in [5.41, 5.74) is 1.70. The van der Waals surface area contributed by atoms with Gasteiger partial charge in [-0.25, -0.2) is 9.59 Å². The Morgan fingerprint density at radius 1 is 1.26 bits per heavy atom. The predicted octanol–water partition coefficient (Wildman–Crippen LogP) is 4.18. The maximum Gasteiger partial charge on any atom is 0.336 e. The molecule has 1 aromatic heterocycles. The molecule has 1 saturated heterocycles. The van der Waals surface area contributed by atoms with Crippen molar-refractivity contribution in [1.29, 1.82) is 0 Å². The number of carbonyl (C=O) groups is 2. The molecule has 0 saturated carbocycles. The quantitative estimate of drug-likeness (QED) is 0.808. The highest BCUT2D eigenvalue weighted by Gasteiger charge is 2.46. The molecule has 2 aliphatic rings. The summed E-state index contributed by atoms with van der Waals surface area (Å²) in [4.78, 5) is 28.4. The molecule has 0 unspecified atom stereocenters. The minimum Gasteiger partial charge on any atom is -0.466 e. The Labute approximate surface area is 163 Å². The van der Waals surface area contributed by atoms with E-state index in [9.17, 15) is 9.59 Å². The SMILES string of the molecule is COC(=O)C1=C(c2cc3ccccc3s2)C[C@@H]2CC[C@H]1N2C(=O)NC(C)C. The molecule has 3 heterocycles. The lowest BCUT2D eigenvalue weighted by Gasteiger charge is -2.37. The number of ether oxygens (including phenoxy) is 1. The van der Waals surface area contributed by atoms with Gasteiger partial charge in [0.2, 0.25) is 0 Å². The Bertz CT molecular complexity index is 897. The molecule has 0 spiro atoms. The van der Waals surface area contributed by atoms with Gasteiger partial charge in [-0.3, -0.25) is 0 Å². The number of nitrogens with zero attached hydrogens (tertiary/aromatic N) is 1. The number of urea groups is 1. The van der Waals surface area contributed by atoms with Crippen molar-refractivity contribution in [1.82, 2.24) is 10.2 Å². The standard InChI is InChI=1S/C21H24N2O3S/c1-12(2)22-21(25)23-14-8-9-16(23)19(20(24)26-3)15(11-14)18-10-13-6-4-5-7-17(13)27-18/h4-7,10,12,14,16H,8-9,11H2,1-3H3,(H,22,25)/t14-,16+/m0/s1. The van der Waals surface area contributed by atoms with Crippen LogP contribution >= 0.6 is 11.3 Å². The van der Waals surface area contributed by atoms with Crippen LogP contribution in [0.25, 0.3) is 15.7 Å². The van der Waals surface area contributed by atoms with Crippen LogP contribution in [0.5, 0.6) is 0 Å². The molecule has 1 aromatic carbocycles. The predicted molar refractivity (Wildman–Crippen MR) is 108 cm³/mol. The van der Waals surface area contributed by atoms with E-state index in [1.165, 1.54) is 17.2 Å². The molecule has 2 aromatic rings. The van der Waals surface area contributed by atoms with Gasteiger partial charge < -0.3 is 15.0 Å². The minimum absolute atomic E-state index is 0.0615. The van der Waals surface area contributed by atoms with Crippen molar-refractivity contribution in [3.8, 4) is 0 Å². The van der Waals surface area contributed by atoms with Gasteiger partial charge in [-0.05, 0) is 56.2 Å². The number of amides is 2. The van der Waals surface area contributed by atoms with E-state index in [1.807, 2.05) is 30.9 Å². The summed E-state index contributed by atoms with van der Waals surface area (Å²) in [6, 6.07) is 10.3. The molecule has 0 aliphatic carbocycles. The fraction of sp³-hybridized carbons (Fsp3) is 0.429. The summed E-state index contributed by atoms with van der Waals surface area (Å²) in [5.74, 6) is -0.324. The molecule has 1 N–H and O–H groups in total. The fourth-order valence-corrected chi connectivity index (χ4v) is 5.41. The van der Waals surface area contributed by atoms with Gasteiger partial charge in [0.25, 0.3) is 0 Å². The molecule has 0 radical (unpaired) electrons. The molecular formula is C21H24N2O3S. The van der Waals surface area contributed by atoms with Gasteiger partial charge in [-0.15, -0.1) is 11.3 Å². The number of benzene rings is 1. The first-order valence-corrected chi connectivity index (χ1v) is 10.2. The minimum atomic E-state index is -0.324. The molecular weight excluding hydrogens is 360 g/mol. The topological polar surface area (TPSA) is 58.6 Å². The van der Waals surface area contributed by atoms with Crippen molar-refractivity contribution in [2.75, 3.05) is 7.11 Å². The average Bonchev–Trinajstić information content (AvgIpc) is 3.20. The smallest absolute Gasteiger partial charge is 0.336 e. The molecule has 2 atom stereocenters. The van der Waals surface area contributed by atoms with Crippen molar-refractivity contribution < 1.29 is 14.3 Å². The second-order valence-electron chi connectivity index (χ2n) is 7.49. The van der Waals surface area contributed by atoms with Crippen LogP contribution in [0.2, 0.25) is 0 Å². The Kier molecular flexibility index (Phi) is 4.68. The number of esters is 1. The zero-order valence-electron chi connectivity index (χ0n) is 15.8. The van der Waals surface area contributed by atoms with E-state index in [-0.39, 0.29) is 30.1 Å². The monoisotopic (exact) mass is 384 g/mol. The van der Waals surface area contributed by atoms with Gasteiger partial charge in [-0.1, -0.05) is 18.2 Å². The summed E-state index contributed by atoms with van der Waals surface area (Å²) in [5, 5.41) is 4.16. The molecule has 142 valence electrons. The molecule has 2 amide bonds. The van der Waals surface area contributed by atoms with Crippen molar-refractivity contribution in [2.24, 2.45) is 0 Å². The van der Waals surface area contributed by atoms with Gasteiger partial charge in [0.15, 0.2) is 0 Å². The van der Waals surface area contributed by atoms with Crippen LogP contribution < -0.4 is 5.32 Å². The van der Waals surface area contributed by atoms with Gasteiger partial charge in [-0.2, -0.15) is 0 Å². The third kappa shape index (κ3) is 3.12. The number of nitrogens with one attached hydrogen (secondary N) is 1. The van der Waals surface area contributed by atoms with Crippen LogP contribution in [0.1, 0.15) is 38.0 Å². The normalized spacial score (nSPS) is 21.9. The first kappa shape index (κ1) is 18.0. The van der Waals surface area contributed by atoms with Crippen molar-refractivity contribution in [2.45, 2.75) is 51.2 Å². The second-order valence-corrected chi connectivity index (χ2v) is 8.58. The van der Waals surface area contributed by atoms with Crippen LogP contribution in [0.15, 0.2) is 35.9 Å². The number of carbonyl (C=O) groups excluding carboxylic acids is 2. The van der Waals surface area contributed by atoms with Gasteiger partial charge in [0.1, 0.15) is 0 Å². The van der Waals surface area contributed by atoms with Gasteiger partial charge in [0.05, 0.1) is 18.7 Å². The van der Waals surface area contributed by atoms with Crippen LogP contribution in [0.3, 0.4) is 0 Å². The lowest BCUT2D eigenvalue weighted by Crippen LogP contribution is -2.52. The number of hydrogen-bond acceptors (Lipinski definition) is 4. The lowest BCUT2D eigenvalue weighted by molar-refractivity contribution is -0.136. The van der Waals surface area contributed by atoms with Crippen LogP contribution in [-0.4, -0.2) is 42.1 Å². The number of thiophene rings is 1. The van der Waals surface area contributed by atoms with E-state index in [4.69, 9.17) is 4.74 Å². The Hall–Kier alpha value is -2.34. The van der Waals surface area contributed by atoms with Gasteiger partial charge in [0, 0.05) is 21.7 Å². The third-order valence-electron chi connectivity index (χ3n) is 5.38. The summed E-state index contributed by atoms with van der Waals surface area (Å²) >= 11 is 1.70. The average molecular weight is 385 g/mol. The maximum absolute atomic E-state index is 12.8. The van der Waals surface area contributed by atoms with Crippen molar-refractivity contribution >= 4 is 39.0 Å². The largest absolute Gasteiger partial charge is 0.466 e. The van der Waals surface area contributed by atoms with Gasteiger partial charge >= 0.3 is 12.0 Å². The summed E-state index contributed by atoms with van der Waals surface area (Å²) in [7, 11) is 1.41. The lowest BCUT2D eigenvalue weighted by atomic mass is 9.92. The van der Waals surface area contributed by atoms with E-state index in [0.29, 0.717) is 12.0 Å². The number of rotatable bonds is 3. The molecule has 27 heavy (non-hydrogen) atoms. The van der Waals surface area contributed by atoms with E-state index in [0.717, 1.165) is 23.3 Å². The summed E-state index contributed by atoms with van der Waals surface area (Å²) in [6.45, 7) is 3.90. The molecule has 4 rings (SSSR count). The Balaban J connectivity index is 1.79. The van der Waals surface area contributed by atoms with Crippen LogP contribution in [0, 0.1) is 0 Å². The van der Waals surface area contributed by atoms with E-state index >= 15 is 0 Å². The van der Waals surface area contributed by atoms with Crippen LogP contribution in [0.4, 0.5) is 4.79 Å². The first-order valence-electron chi connectivity index (χ1n) is 9.38. The number of methoxy groups -OCH3 is 1. The highest BCUT2D eigenvalue weighted by molar-refractivity contribution is 7.20. The molecule has 1 fully saturated rings. The highest BCUT2D eigenvalue weighted by atomic mass is 32.1. The third-order valence-corrected chi connectivity index (χ3v) is 6.55. The summed E-state index contributed by atoms with van der Waals surface area (Å²) < 4.78 is 6.33. The summed E-state index contributed by atoms with van der Waals surface area (Å²) in [6.07, 6.45) is 2.40. The fourth-order valence-electron chi connectivity index (χ4n) is 4.28. The van der Waals surface area contributed by atoms with Crippen molar-refractivity contribution in [3.05, 3.63) is 40.8 Å². The second kappa shape index (κ2) is 7.00. The van der Waals surface area contributed by atoms with Crippen LogP contribution in [-0.2, 0) is 9.53 Å². The number of fused-ring (bicyclic) bond motifs is 3. The van der Waals surface area contributed by atoms with E-state index < -0.39 is 0 Å².